The SMILES string of the molecule is CCCCOc1cccc(-n2c(N)c(C#N)c3nc4ccccc4nc32)c1. The summed E-state index contributed by atoms with van der Waals surface area (Å²) in [6.07, 6.45) is 2.07. The molecule has 0 bridgehead atoms. The molecule has 2 heterocycles. The molecule has 0 atom stereocenters. The van der Waals surface area contributed by atoms with Gasteiger partial charge in [0.15, 0.2) is 5.65 Å². The number of nitrogens with zero attached hydrogens (tertiary/aromatic N) is 4. The molecular formula is C21H19N5O. The number of unbranched alkanes of at least 4 members (excludes halogenated alkanes) is 1. The van der Waals surface area contributed by atoms with E-state index in [0.29, 0.717) is 29.2 Å². The summed E-state index contributed by atoms with van der Waals surface area (Å²) in [5.74, 6) is 1.09. The van der Waals surface area contributed by atoms with Crippen molar-refractivity contribution < 1.29 is 4.74 Å². The summed E-state index contributed by atoms with van der Waals surface area (Å²) in [6.45, 7) is 2.79. The molecule has 2 N–H and O–H groups in total. The van der Waals surface area contributed by atoms with Crippen LogP contribution in [0, 0.1) is 11.3 Å². The van der Waals surface area contributed by atoms with E-state index in [1.165, 1.54) is 0 Å². The third-order valence-electron chi connectivity index (χ3n) is 4.45. The molecule has 0 aliphatic rings. The number of fused-ring (bicyclic) bond motifs is 2. The maximum Gasteiger partial charge on any atom is 0.167 e. The highest BCUT2D eigenvalue weighted by Gasteiger charge is 2.19. The summed E-state index contributed by atoms with van der Waals surface area (Å²) < 4.78 is 7.57. The topological polar surface area (TPSA) is 89.8 Å². The van der Waals surface area contributed by atoms with Crippen molar-refractivity contribution in [2.75, 3.05) is 12.3 Å². The Morgan fingerprint density at radius 1 is 1.11 bits per heavy atom. The number of anilines is 1. The first-order valence-corrected chi connectivity index (χ1v) is 8.93. The molecule has 4 aromatic rings. The van der Waals surface area contributed by atoms with E-state index in [4.69, 9.17) is 15.5 Å². The minimum atomic E-state index is 0.327. The van der Waals surface area contributed by atoms with Crippen LogP contribution in [-0.2, 0) is 0 Å². The highest BCUT2D eigenvalue weighted by Crippen LogP contribution is 2.31. The van der Waals surface area contributed by atoms with Crippen molar-refractivity contribution in [1.82, 2.24) is 14.5 Å². The molecule has 6 heteroatoms. The number of nitrogens with two attached hydrogens (primary N) is 1. The van der Waals surface area contributed by atoms with Gasteiger partial charge in [0.05, 0.1) is 23.3 Å². The molecule has 0 fully saturated rings. The predicted molar refractivity (Wildman–Crippen MR) is 106 cm³/mol. The average molecular weight is 357 g/mol. The molecule has 2 aromatic heterocycles. The van der Waals surface area contributed by atoms with Gasteiger partial charge in [0.1, 0.15) is 28.7 Å². The van der Waals surface area contributed by atoms with E-state index in [2.05, 4.69) is 18.0 Å². The fourth-order valence-electron chi connectivity index (χ4n) is 3.08. The number of nitrogen functional groups attached to an aromatic ring is 1. The van der Waals surface area contributed by atoms with Crippen LogP contribution in [0.4, 0.5) is 5.82 Å². The van der Waals surface area contributed by atoms with Crippen LogP contribution in [0.5, 0.6) is 5.75 Å². The summed E-state index contributed by atoms with van der Waals surface area (Å²) in [5.41, 5.74) is 9.99. The van der Waals surface area contributed by atoms with Crippen molar-refractivity contribution in [2.45, 2.75) is 19.8 Å². The highest BCUT2D eigenvalue weighted by molar-refractivity contribution is 5.93. The van der Waals surface area contributed by atoms with Gasteiger partial charge in [-0.25, -0.2) is 9.97 Å². The number of ether oxygens (including phenoxy) is 1. The monoisotopic (exact) mass is 357 g/mol. The van der Waals surface area contributed by atoms with E-state index in [0.717, 1.165) is 35.3 Å². The average Bonchev–Trinajstić information content (AvgIpc) is 2.96. The van der Waals surface area contributed by atoms with Gasteiger partial charge in [-0.1, -0.05) is 31.5 Å². The van der Waals surface area contributed by atoms with Gasteiger partial charge in [-0.05, 0) is 30.7 Å². The van der Waals surface area contributed by atoms with Crippen LogP contribution in [0.15, 0.2) is 48.5 Å². The number of para-hydroxylation sites is 2. The number of nitriles is 1. The standard InChI is InChI=1S/C21H19N5O/c1-2-3-11-27-15-8-6-7-14(12-15)26-20(23)16(13-22)19-21(26)25-18-10-5-4-9-17(18)24-19/h4-10,12H,2-3,11,23H2,1H3. The Kier molecular flexibility index (Phi) is 4.35. The number of hydrogen-bond acceptors (Lipinski definition) is 5. The summed E-state index contributed by atoms with van der Waals surface area (Å²) in [5, 5.41) is 9.61. The molecule has 27 heavy (non-hydrogen) atoms. The Balaban J connectivity index is 1.91. The van der Waals surface area contributed by atoms with Crippen LogP contribution >= 0.6 is 0 Å². The second-order valence-corrected chi connectivity index (χ2v) is 6.29. The quantitative estimate of drug-likeness (QED) is 0.541. The molecule has 2 aromatic carbocycles. The Morgan fingerprint density at radius 3 is 2.63 bits per heavy atom. The van der Waals surface area contributed by atoms with Gasteiger partial charge in [0, 0.05) is 6.07 Å². The number of hydrogen-bond donors (Lipinski definition) is 1. The lowest BCUT2D eigenvalue weighted by atomic mass is 10.2. The molecular weight excluding hydrogens is 338 g/mol. The van der Waals surface area contributed by atoms with Crippen molar-refractivity contribution in [2.24, 2.45) is 0 Å². The summed E-state index contributed by atoms with van der Waals surface area (Å²) >= 11 is 0. The Hall–Kier alpha value is -3.59. The largest absolute Gasteiger partial charge is 0.494 e. The molecule has 6 nitrogen and oxygen atoms in total. The lowest BCUT2D eigenvalue weighted by Crippen LogP contribution is -2.03. The first-order chi connectivity index (χ1) is 13.2. The van der Waals surface area contributed by atoms with Crippen molar-refractivity contribution in [1.29, 1.82) is 5.26 Å². The maximum absolute atomic E-state index is 9.61. The highest BCUT2D eigenvalue weighted by atomic mass is 16.5. The molecule has 0 saturated carbocycles. The lowest BCUT2D eigenvalue weighted by molar-refractivity contribution is 0.309. The van der Waals surface area contributed by atoms with E-state index in [9.17, 15) is 5.26 Å². The van der Waals surface area contributed by atoms with Gasteiger partial charge in [-0.15, -0.1) is 0 Å². The van der Waals surface area contributed by atoms with Gasteiger partial charge in [0.2, 0.25) is 0 Å². The minimum Gasteiger partial charge on any atom is -0.494 e. The second kappa shape index (κ2) is 6.96. The molecule has 0 saturated heterocycles. The predicted octanol–water partition coefficient (Wildman–Crippen LogP) is 4.21. The number of benzene rings is 2. The second-order valence-electron chi connectivity index (χ2n) is 6.29. The van der Waals surface area contributed by atoms with Gasteiger partial charge < -0.3 is 10.5 Å². The summed E-state index contributed by atoms with van der Waals surface area (Å²) in [7, 11) is 0. The first kappa shape index (κ1) is 16.9. The van der Waals surface area contributed by atoms with Crippen LogP contribution in [0.25, 0.3) is 27.9 Å². The Morgan fingerprint density at radius 2 is 1.89 bits per heavy atom. The maximum atomic E-state index is 9.61. The van der Waals surface area contributed by atoms with E-state index in [-0.39, 0.29) is 0 Å². The van der Waals surface area contributed by atoms with Crippen LogP contribution in [0.3, 0.4) is 0 Å². The van der Waals surface area contributed by atoms with Crippen molar-refractivity contribution >= 4 is 28.0 Å². The number of rotatable bonds is 5. The van der Waals surface area contributed by atoms with E-state index >= 15 is 0 Å². The third kappa shape index (κ3) is 2.93. The summed E-state index contributed by atoms with van der Waals surface area (Å²) in [6, 6.07) is 17.4. The molecule has 0 radical (unpaired) electrons. The van der Waals surface area contributed by atoms with E-state index in [1.807, 2.05) is 48.5 Å². The fourth-order valence-corrected chi connectivity index (χ4v) is 3.08. The Labute approximate surface area is 156 Å². The lowest BCUT2D eigenvalue weighted by Gasteiger charge is -2.10. The minimum absolute atomic E-state index is 0.327. The van der Waals surface area contributed by atoms with Crippen LogP contribution in [-0.4, -0.2) is 21.1 Å². The number of aromatic nitrogens is 3. The van der Waals surface area contributed by atoms with Crippen molar-refractivity contribution in [3.63, 3.8) is 0 Å². The van der Waals surface area contributed by atoms with Gasteiger partial charge in [-0.3, -0.25) is 4.57 Å². The third-order valence-corrected chi connectivity index (χ3v) is 4.45. The molecule has 0 spiro atoms. The van der Waals surface area contributed by atoms with Crippen LogP contribution in [0.2, 0.25) is 0 Å². The van der Waals surface area contributed by atoms with Crippen LogP contribution in [0.1, 0.15) is 25.3 Å². The zero-order chi connectivity index (χ0) is 18.8. The van der Waals surface area contributed by atoms with Crippen LogP contribution < -0.4 is 10.5 Å². The van der Waals surface area contributed by atoms with Gasteiger partial charge in [0.25, 0.3) is 0 Å². The van der Waals surface area contributed by atoms with Crippen molar-refractivity contribution in [3.05, 3.63) is 54.1 Å². The van der Waals surface area contributed by atoms with E-state index in [1.54, 1.807) is 4.57 Å². The molecule has 0 aliphatic heterocycles. The summed E-state index contributed by atoms with van der Waals surface area (Å²) in [4.78, 5) is 9.34. The Bertz CT molecular complexity index is 1170. The molecule has 4 rings (SSSR count). The first-order valence-electron chi connectivity index (χ1n) is 8.93. The van der Waals surface area contributed by atoms with Gasteiger partial charge in [-0.2, -0.15) is 5.26 Å². The molecule has 0 unspecified atom stereocenters. The zero-order valence-corrected chi connectivity index (χ0v) is 15.0. The smallest absolute Gasteiger partial charge is 0.167 e. The molecule has 134 valence electrons. The van der Waals surface area contributed by atoms with E-state index < -0.39 is 0 Å². The molecule has 0 aliphatic carbocycles. The molecule has 0 amide bonds. The fraction of sp³-hybridized carbons (Fsp3) is 0.190. The van der Waals surface area contributed by atoms with Gasteiger partial charge >= 0.3 is 0 Å². The zero-order valence-electron chi connectivity index (χ0n) is 15.0. The normalized spacial score (nSPS) is 11.0. The van der Waals surface area contributed by atoms with Crippen molar-refractivity contribution in [3.8, 4) is 17.5 Å².